The number of rotatable bonds is 8. The molecule has 154 valence electrons. The minimum atomic E-state index is 0.381. The summed E-state index contributed by atoms with van der Waals surface area (Å²) in [6.45, 7) is 0.470. The highest BCUT2D eigenvalue weighted by molar-refractivity contribution is 7.80. The SMILES string of the molecule is COc1ccc(NC(=S)NN=Cc2ccc(OCc3ccccc3)c(OC)c2)cc1. The van der Waals surface area contributed by atoms with Crippen LogP contribution < -0.4 is 25.0 Å². The number of hydrogen-bond acceptors (Lipinski definition) is 5. The molecule has 0 bridgehead atoms. The van der Waals surface area contributed by atoms with E-state index in [1.807, 2.05) is 72.8 Å². The van der Waals surface area contributed by atoms with Crippen molar-refractivity contribution in [3.8, 4) is 17.2 Å². The number of thiocarbonyl (C=S) groups is 1. The van der Waals surface area contributed by atoms with E-state index in [0.29, 0.717) is 23.2 Å². The van der Waals surface area contributed by atoms with Crippen molar-refractivity contribution >= 4 is 29.2 Å². The highest BCUT2D eigenvalue weighted by Crippen LogP contribution is 2.28. The summed E-state index contributed by atoms with van der Waals surface area (Å²) in [5.74, 6) is 2.08. The fourth-order valence-electron chi connectivity index (χ4n) is 2.62. The fraction of sp³-hybridized carbons (Fsp3) is 0.130. The maximum absolute atomic E-state index is 5.87. The van der Waals surface area contributed by atoms with Gasteiger partial charge in [0, 0.05) is 5.69 Å². The summed E-state index contributed by atoms with van der Waals surface area (Å²) in [5.41, 5.74) is 5.57. The molecule has 0 spiro atoms. The Hall–Kier alpha value is -3.58. The van der Waals surface area contributed by atoms with Crippen LogP contribution in [0.15, 0.2) is 77.9 Å². The Morgan fingerprint density at radius 1 is 0.933 bits per heavy atom. The number of hydrogen-bond donors (Lipinski definition) is 2. The molecule has 0 aliphatic carbocycles. The lowest BCUT2D eigenvalue weighted by molar-refractivity contribution is 0.284. The molecule has 0 atom stereocenters. The van der Waals surface area contributed by atoms with E-state index in [1.54, 1.807) is 20.4 Å². The van der Waals surface area contributed by atoms with E-state index in [-0.39, 0.29) is 0 Å². The van der Waals surface area contributed by atoms with Gasteiger partial charge in [0.2, 0.25) is 0 Å². The molecule has 0 amide bonds. The zero-order valence-electron chi connectivity index (χ0n) is 16.8. The maximum atomic E-state index is 5.87. The predicted molar refractivity (Wildman–Crippen MR) is 124 cm³/mol. The molecule has 0 heterocycles. The van der Waals surface area contributed by atoms with Crippen LogP contribution in [0.2, 0.25) is 0 Å². The van der Waals surface area contributed by atoms with Crippen molar-refractivity contribution in [3.63, 3.8) is 0 Å². The molecule has 0 saturated heterocycles. The molecular formula is C23H23N3O3S. The Morgan fingerprint density at radius 3 is 2.40 bits per heavy atom. The van der Waals surface area contributed by atoms with Crippen molar-refractivity contribution in [3.05, 3.63) is 83.9 Å². The zero-order valence-corrected chi connectivity index (χ0v) is 17.6. The summed E-state index contributed by atoms with van der Waals surface area (Å²) in [4.78, 5) is 0. The van der Waals surface area contributed by atoms with E-state index in [1.165, 1.54) is 0 Å². The Morgan fingerprint density at radius 2 is 1.70 bits per heavy atom. The smallest absolute Gasteiger partial charge is 0.191 e. The number of ether oxygens (including phenoxy) is 3. The second-order valence-corrected chi connectivity index (χ2v) is 6.65. The minimum absolute atomic E-state index is 0.381. The molecule has 0 radical (unpaired) electrons. The summed E-state index contributed by atoms with van der Waals surface area (Å²) in [6, 6.07) is 23.0. The van der Waals surface area contributed by atoms with Gasteiger partial charge in [-0.3, -0.25) is 5.43 Å². The number of methoxy groups -OCH3 is 2. The highest BCUT2D eigenvalue weighted by atomic mass is 32.1. The Balaban J connectivity index is 1.54. The third kappa shape index (κ3) is 6.22. The van der Waals surface area contributed by atoms with Crippen LogP contribution in [0.25, 0.3) is 0 Å². The zero-order chi connectivity index (χ0) is 21.2. The lowest BCUT2D eigenvalue weighted by atomic mass is 10.2. The van der Waals surface area contributed by atoms with Gasteiger partial charge in [0.15, 0.2) is 16.6 Å². The minimum Gasteiger partial charge on any atom is -0.497 e. The first-order chi connectivity index (χ1) is 14.7. The number of nitrogens with one attached hydrogen (secondary N) is 2. The number of benzene rings is 3. The largest absolute Gasteiger partial charge is 0.497 e. The topological polar surface area (TPSA) is 64.1 Å². The van der Waals surface area contributed by atoms with Gasteiger partial charge in [-0.05, 0) is 65.8 Å². The summed E-state index contributed by atoms with van der Waals surface area (Å²) in [5, 5.41) is 7.60. The molecule has 0 aliphatic heterocycles. The monoisotopic (exact) mass is 421 g/mol. The molecule has 7 heteroatoms. The van der Waals surface area contributed by atoms with Gasteiger partial charge in [-0.1, -0.05) is 30.3 Å². The first-order valence-electron chi connectivity index (χ1n) is 9.27. The fourth-order valence-corrected chi connectivity index (χ4v) is 2.79. The second kappa shape index (κ2) is 10.8. The number of hydrazone groups is 1. The van der Waals surface area contributed by atoms with Crippen molar-refractivity contribution in [1.29, 1.82) is 0 Å². The van der Waals surface area contributed by atoms with Crippen molar-refractivity contribution in [2.24, 2.45) is 5.10 Å². The molecule has 0 fully saturated rings. The van der Waals surface area contributed by atoms with E-state index < -0.39 is 0 Å². The predicted octanol–water partition coefficient (Wildman–Crippen LogP) is 4.60. The second-order valence-electron chi connectivity index (χ2n) is 6.24. The van der Waals surface area contributed by atoms with Gasteiger partial charge >= 0.3 is 0 Å². The van der Waals surface area contributed by atoms with Crippen LogP contribution in [-0.2, 0) is 6.61 Å². The average molecular weight is 422 g/mol. The van der Waals surface area contributed by atoms with Gasteiger partial charge in [-0.2, -0.15) is 5.10 Å². The van der Waals surface area contributed by atoms with E-state index in [4.69, 9.17) is 26.4 Å². The third-order valence-corrected chi connectivity index (χ3v) is 4.35. The van der Waals surface area contributed by atoms with Crippen LogP contribution in [-0.4, -0.2) is 25.5 Å². The van der Waals surface area contributed by atoms with E-state index in [9.17, 15) is 0 Å². The van der Waals surface area contributed by atoms with Gasteiger partial charge in [0.25, 0.3) is 0 Å². The van der Waals surface area contributed by atoms with Crippen molar-refractivity contribution in [2.75, 3.05) is 19.5 Å². The normalized spacial score (nSPS) is 10.5. The molecule has 0 unspecified atom stereocenters. The van der Waals surface area contributed by atoms with Crippen LogP contribution in [0.5, 0.6) is 17.2 Å². The lowest BCUT2D eigenvalue weighted by Crippen LogP contribution is -2.23. The van der Waals surface area contributed by atoms with Crippen LogP contribution in [0.4, 0.5) is 5.69 Å². The molecule has 3 aromatic carbocycles. The van der Waals surface area contributed by atoms with Gasteiger partial charge in [-0.25, -0.2) is 0 Å². The molecule has 3 rings (SSSR count). The standard InChI is InChI=1S/C23H23N3O3S/c1-27-20-11-9-19(10-12-20)25-23(30)26-24-15-18-8-13-21(22(14-18)28-2)29-16-17-6-4-3-5-7-17/h3-15H,16H2,1-2H3,(H2,25,26,30). The molecule has 3 aromatic rings. The van der Waals surface area contributed by atoms with Crippen LogP contribution >= 0.6 is 12.2 Å². The van der Waals surface area contributed by atoms with Crippen molar-refractivity contribution in [1.82, 2.24) is 5.43 Å². The Labute approximate surface area is 181 Å². The third-order valence-electron chi connectivity index (χ3n) is 4.15. The van der Waals surface area contributed by atoms with Gasteiger partial charge < -0.3 is 19.5 Å². The van der Waals surface area contributed by atoms with Crippen LogP contribution in [0.3, 0.4) is 0 Å². The molecule has 30 heavy (non-hydrogen) atoms. The first-order valence-corrected chi connectivity index (χ1v) is 9.67. The molecular weight excluding hydrogens is 398 g/mol. The molecule has 0 saturated carbocycles. The lowest BCUT2D eigenvalue weighted by Gasteiger charge is -2.11. The number of nitrogens with zero attached hydrogens (tertiary/aromatic N) is 1. The highest BCUT2D eigenvalue weighted by Gasteiger charge is 2.06. The summed E-state index contributed by atoms with van der Waals surface area (Å²) >= 11 is 5.25. The van der Waals surface area contributed by atoms with E-state index in [2.05, 4.69) is 15.8 Å². The van der Waals surface area contributed by atoms with Crippen LogP contribution in [0, 0.1) is 0 Å². The Bertz CT molecular complexity index is 992. The van der Waals surface area contributed by atoms with Crippen LogP contribution in [0.1, 0.15) is 11.1 Å². The van der Waals surface area contributed by atoms with E-state index in [0.717, 1.165) is 22.6 Å². The molecule has 0 aromatic heterocycles. The molecule has 0 aliphatic rings. The summed E-state index contributed by atoms with van der Waals surface area (Å²) in [6.07, 6.45) is 1.66. The summed E-state index contributed by atoms with van der Waals surface area (Å²) in [7, 11) is 3.23. The van der Waals surface area contributed by atoms with Crippen molar-refractivity contribution < 1.29 is 14.2 Å². The van der Waals surface area contributed by atoms with Gasteiger partial charge in [0.1, 0.15) is 12.4 Å². The molecule has 2 N–H and O–H groups in total. The van der Waals surface area contributed by atoms with Gasteiger partial charge in [-0.15, -0.1) is 0 Å². The van der Waals surface area contributed by atoms with Crippen molar-refractivity contribution in [2.45, 2.75) is 6.61 Å². The quantitative estimate of drug-likeness (QED) is 0.315. The van der Waals surface area contributed by atoms with E-state index >= 15 is 0 Å². The van der Waals surface area contributed by atoms with Gasteiger partial charge in [0.05, 0.1) is 20.4 Å². The average Bonchev–Trinajstić information content (AvgIpc) is 2.79. The Kier molecular flexibility index (Phi) is 7.63. The summed E-state index contributed by atoms with van der Waals surface area (Å²) < 4.78 is 16.4. The number of anilines is 1. The first kappa shape index (κ1) is 21.1. The molecule has 6 nitrogen and oxygen atoms in total. The maximum Gasteiger partial charge on any atom is 0.191 e.